The molecule has 0 saturated carbocycles. The van der Waals surface area contributed by atoms with Crippen LogP contribution in [-0.2, 0) is 4.74 Å². The number of hydrogen-bond donors (Lipinski definition) is 1. The highest BCUT2D eigenvalue weighted by Crippen LogP contribution is 2.29. The van der Waals surface area contributed by atoms with Crippen LogP contribution in [0.4, 0.5) is 0 Å². The Morgan fingerprint density at radius 2 is 1.88 bits per heavy atom. The van der Waals surface area contributed by atoms with Crippen LogP contribution in [0.1, 0.15) is 39.5 Å². The minimum Gasteiger partial charge on any atom is -0.380 e. The van der Waals surface area contributed by atoms with Crippen molar-refractivity contribution < 1.29 is 4.74 Å². The molecule has 2 bridgehead atoms. The number of likely N-dealkylation sites (N-methyl/N-ethyl adjacent to an activating group) is 1. The second kappa shape index (κ2) is 5.99. The fourth-order valence-corrected chi connectivity index (χ4v) is 3.25. The molecule has 0 spiro atoms. The van der Waals surface area contributed by atoms with Gasteiger partial charge in [0.2, 0.25) is 0 Å². The summed E-state index contributed by atoms with van der Waals surface area (Å²) in [5.41, 5.74) is 0. The Hall–Kier alpha value is -0.120. The third-order valence-electron chi connectivity index (χ3n) is 4.10. The van der Waals surface area contributed by atoms with Crippen LogP contribution in [0, 0.1) is 0 Å². The molecule has 1 N–H and O–H groups in total. The monoisotopic (exact) mass is 226 g/mol. The van der Waals surface area contributed by atoms with Gasteiger partial charge in [-0.3, -0.25) is 4.90 Å². The first-order valence-corrected chi connectivity index (χ1v) is 6.91. The van der Waals surface area contributed by atoms with E-state index in [4.69, 9.17) is 4.74 Å². The van der Waals surface area contributed by atoms with Crippen LogP contribution in [0.2, 0.25) is 0 Å². The van der Waals surface area contributed by atoms with E-state index in [-0.39, 0.29) is 0 Å². The summed E-state index contributed by atoms with van der Waals surface area (Å²) < 4.78 is 5.47. The van der Waals surface area contributed by atoms with E-state index in [0.29, 0.717) is 0 Å². The summed E-state index contributed by atoms with van der Waals surface area (Å²) in [7, 11) is 0. The zero-order chi connectivity index (χ0) is 11.4. The van der Waals surface area contributed by atoms with E-state index in [0.717, 1.165) is 44.4 Å². The molecular formula is C13H26N2O. The maximum Gasteiger partial charge on any atom is 0.0593 e. The number of nitrogens with one attached hydrogen (secondary N) is 1. The van der Waals surface area contributed by atoms with E-state index < -0.39 is 0 Å². The Morgan fingerprint density at radius 3 is 2.44 bits per heavy atom. The van der Waals surface area contributed by atoms with Crippen LogP contribution in [0.3, 0.4) is 0 Å². The van der Waals surface area contributed by atoms with Gasteiger partial charge in [-0.2, -0.15) is 0 Å². The van der Waals surface area contributed by atoms with Gasteiger partial charge in [0.05, 0.1) is 6.61 Å². The van der Waals surface area contributed by atoms with Crippen molar-refractivity contribution in [1.29, 1.82) is 0 Å². The Morgan fingerprint density at radius 1 is 1.19 bits per heavy atom. The third-order valence-corrected chi connectivity index (χ3v) is 4.10. The molecule has 2 fully saturated rings. The lowest BCUT2D eigenvalue weighted by molar-refractivity contribution is 0.0808. The minimum atomic E-state index is 0.796. The average molecular weight is 226 g/mol. The van der Waals surface area contributed by atoms with Crippen LogP contribution < -0.4 is 5.32 Å². The van der Waals surface area contributed by atoms with E-state index in [1.807, 2.05) is 0 Å². The summed E-state index contributed by atoms with van der Waals surface area (Å²) in [6.45, 7) is 8.35. The van der Waals surface area contributed by atoms with Gasteiger partial charge in [-0.05, 0) is 39.2 Å². The average Bonchev–Trinajstić information content (AvgIpc) is 2.64. The van der Waals surface area contributed by atoms with E-state index in [1.165, 1.54) is 25.7 Å². The molecule has 2 heterocycles. The van der Waals surface area contributed by atoms with Crippen molar-refractivity contribution in [3.8, 4) is 0 Å². The summed E-state index contributed by atoms with van der Waals surface area (Å²) in [5, 5.41) is 3.71. The molecule has 2 rings (SSSR count). The van der Waals surface area contributed by atoms with Gasteiger partial charge < -0.3 is 10.1 Å². The lowest BCUT2D eigenvalue weighted by atomic mass is 9.98. The number of ether oxygens (including phenoxy) is 1. The molecule has 2 unspecified atom stereocenters. The third kappa shape index (κ3) is 2.96. The van der Waals surface area contributed by atoms with Gasteiger partial charge >= 0.3 is 0 Å². The quantitative estimate of drug-likeness (QED) is 0.697. The van der Waals surface area contributed by atoms with Crippen LogP contribution in [0.5, 0.6) is 0 Å². The summed E-state index contributed by atoms with van der Waals surface area (Å²) in [4.78, 5) is 2.61. The Bertz CT molecular complexity index is 198. The lowest BCUT2D eigenvalue weighted by Gasteiger charge is -2.37. The SMILES string of the molecule is CCOCCN(CC)C1CC2CCC(C1)N2. The molecule has 0 aliphatic carbocycles. The summed E-state index contributed by atoms with van der Waals surface area (Å²) in [6, 6.07) is 2.39. The molecule has 2 aliphatic rings. The lowest BCUT2D eigenvalue weighted by Crippen LogP contribution is -2.49. The molecule has 3 nitrogen and oxygen atoms in total. The van der Waals surface area contributed by atoms with E-state index in [1.54, 1.807) is 0 Å². The molecule has 0 aromatic carbocycles. The second-order valence-corrected chi connectivity index (χ2v) is 5.09. The predicted octanol–water partition coefficient (Wildman–Crippen LogP) is 1.63. The van der Waals surface area contributed by atoms with Gasteiger partial charge in [0.1, 0.15) is 0 Å². The number of piperidine rings is 1. The highest BCUT2D eigenvalue weighted by atomic mass is 16.5. The fourth-order valence-electron chi connectivity index (χ4n) is 3.25. The van der Waals surface area contributed by atoms with E-state index in [9.17, 15) is 0 Å². The molecule has 0 aromatic rings. The largest absolute Gasteiger partial charge is 0.380 e. The molecule has 16 heavy (non-hydrogen) atoms. The number of nitrogens with zero attached hydrogens (tertiary/aromatic N) is 1. The van der Waals surface area contributed by atoms with Crippen LogP contribution >= 0.6 is 0 Å². The number of rotatable bonds is 6. The molecule has 0 radical (unpaired) electrons. The summed E-state index contributed by atoms with van der Waals surface area (Å²) in [5.74, 6) is 0. The van der Waals surface area contributed by atoms with Gasteiger partial charge in [0, 0.05) is 31.3 Å². The zero-order valence-electron chi connectivity index (χ0n) is 10.7. The molecule has 0 aromatic heterocycles. The van der Waals surface area contributed by atoms with E-state index in [2.05, 4.69) is 24.1 Å². The van der Waals surface area contributed by atoms with Crippen molar-refractivity contribution in [3.05, 3.63) is 0 Å². The van der Waals surface area contributed by atoms with Crippen molar-refractivity contribution in [1.82, 2.24) is 10.2 Å². The molecule has 94 valence electrons. The van der Waals surface area contributed by atoms with Crippen molar-refractivity contribution in [2.75, 3.05) is 26.3 Å². The summed E-state index contributed by atoms with van der Waals surface area (Å²) >= 11 is 0. The first-order chi connectivity index (χ1) is 7.83. The number of hydrogen-bond acceptors (Lipinski definition) is 3. The normalized spacial score (nSPS) is 33.6. The van der Waals surface area contributed by atoms with Crippen LogP contribution in [-0.4, -0.2) is 49.3 Å². The maximum absolute atomic E-state index is 5.47. The van der Waals surface area contributed by atoms with Gasteiger partial charge in [-0.25, -0.2) is 0 Å². The first-order valence-electron chi connectivity index (χ1n) is 6.91. The number of fused-ring (bicyclic) bond motifs is 2. The fraction of sp³-hybridized carbons (Fsp3) is 1.00. The minimum absolute atomic E-state index is 0.796. The zero-order valence-corrected chi connectivity index (χ0v) is 10.7. The Balaban J connectivity index is 1.79. The molecule has 2 aliphatic heterocycles. The molecule has 0 amide bonds. The topological polar surface area (TPSA) is 24.5 Å². The van der Waals surface area contributed by atoms with Gasteiger partial charge in [0.25, 0.3) is 0 Å². The van der Waals surface area contributed by atoms with Gasteiger partial charge in [-0.1, -0.05) is 6.92 Å². The maximum atomic E-state index is 5.47. The molecular weight excluding hydrogens is 200 g/mol. The standard InChI is InChI=1S/C13H26N2O/c1-3-15(7-8-16-4-2)13-9-11-5-6-12(10-13)14-11/h11-14H,3-10H2,1-2H3. The molecule has 2 atom stereocenters. The second-order valence-electron chi connectivity index (χ2n) is 5.09. The predicted molar refractivity (Wildman–Crippen MR) is 66.7 cm³/mol. The highest BCUT2D eigenvalue weighted by molar-refractivity contribution is 4.95. The first kappa shape index (κ1) is 12.3. The highest BCUT2D eigenvalue weighted by Gasteiger charge is 2.35. The van der Waals surface area contributed by atoms with E-state index >= 15 is 0 Å². The van der Waals surface area contributed by atoms with Crippen molar-refractivity contribution in [2.24, 2.45) is 0 Å². The van der Waals surface area contributed by atoms with Crippen molar-refractivity contribution >= 4 is 0 Å². The smallest absolute Gasteiger partial charge is 0.0593 e. The Labute approximate surface area is 99.5 Å². The molecule has 2 saturated heterocycles. The van der Waals surface area contributed by atoms with Gasteiger partial charge in [-0.15, -0.1) is 0 Å². The molecule has 3 heteroatoms. The van der Waals surface area contributed by atoms with Crippen LogP contribution in [0.15, 0.2) is 0 Å². The van der Waals surface area contributed by atoms with Crippen LogP contribution in [0.25, 0.3) is 0 Å². The Kier molecular flexibility index (Phi) is 4.62. The van der Waals surface area contributed by atoms with Crippen molar-refractivity contribution in [2.45, 2.75) is 57.7 Å². The van der Waals surface area contributed by atoms with Gasteiger partial charge in [0.15, 0.2) is 0 Å². The van der Waals surface area contributed by atoms with Crippen molar-refractivity contribution in [3.63, 3.8) is 0 Å². The summed E-state index contributed by atoms with van der Waals surface area (Å²) in [6.07, 6.45) is 5.47.